The number of carbonyl (C=O) groups excluding carboxylic acids is 1. The van der Waals surface area contributed by atoms with Crippen LogP contribution in [0.1, 0.15) is 11.1 Å². The summed E-state index contributed by atoms with van der Waals surface area (Å²) in [5, 5.41) is 19.4. The third-order valence-corrected chi connectivity index (χ3v) is 4.74. The third kappa shape index (κ3) is 4.70. The number of benzene rings is 2. The van der Waals surface area contributed by atoms with Crippen LogP contribution in [0.5, 0.6) is 5.75 Å². The second-order valence-corrected chi connectivity index (χ2v) is 6.54. The molecule has 138 valence electrons. The van der Waals surface area contributed by atoms with E-state index in [2.05, 4.69) is 10.2 Å². The number of hydrogen-bond donors (Lipinski definition) is 0. The van der Waals surface area contributed by atoms with Crippen LogP contribution in [0.2, 0.25) is 0 Å². The molecule has 27 heavy (non-hydrogen) atoms. The molecule has 2 aromatic carbocycles. The molecule has 8 nitrogen and oxygen atoms in total. The van der Waals surface area contributed by atoms with Crippen LogP contribution in [0, 0.1) is 10.1 Å². The number of nitrogens with zero attached hydrogens (tertiary/aromatic N) is 4. The summed E-state index contributed by atoms with van der Waals surface area (Å²) in [6, 6.07) is 13.5. The molecule has 0 radical (unpaired) electrons. The van der Waals surface area contributed by atoms with Gasteiger partial charge in [-0.2, -0.15) is 5.10 Å². The van der Waals surface area contributed by atoms with Crippen molar-refractivity contribution in [3.8, 4) is 5.75 Å². The number of thioether (sulfide) groups is 1. The summed E-state index contributed by atoms with van der Waals surface area (Å²) < 4.78 is 5.13. The van der Waals surface area contributed by atoms with Crippen LogP contribution in [0.4, 0.5) is 5.69 Å². The number of methoxy groups -OCH3 is 1. The average molecular weight is 384 g/mol. The number of amides is 1. The van der Waals surface area contributed by atoms with Gasteiger partial charge in [-0.1, -0.05) is 36.0 Å². The van der Waals surface area contributed by atoms with Gasteiger partial charge in [0.15, 0.2) is 5.17 Å². The standard InChI is InChI=1S/C18H16N4O4S/c1-26-16-7-5-13(6-8-16)11-21-17(23)12-27-18(21)20-19-10-14-3-2-4-15(9-14)22(24)25/h2-10H,11-12H2,1H3/b19-10+,20-18+. The van der Waals surface area contributed by atoms with Gasteiger partial charge in [0.25, 0.3) is 5.69 Å². The van der Waals surface area contributed by atoms with E-state index < -0.39 is 4.92 Å². The second-order valence-electron chi connectivity index (χ2n) is 5.60. The molecule has 0 N–H and O–H groups in total. The van der Waals surface area contributed by atoms with Gasteiger partial charge in [-0.15, -0.1) is 5.10 Å². The average Bonchev–Trinajstić information content (AvgIpc) is 3.02. The lowest BCUT2D eigenvalue weighted by atomic mass is 10.2. The normalized spacial score (nSPS) is 15.7. The minimum atomic E-state index is -0.467. The van der Waals surface area contributed by atoms with E-state index in [1.54, 1.807) is 24.1 Å². The first-order valence-electron chi connectivity index (χ1n) is 7.98. The topological polar surface area (TPSA) is 97.4 Å². The Morgan fingerprint density at radius 1 is 1.30 bits per heavy atom. The zero-order valence-electron chi connectivity index (χ0n) is 14.4. The Labute approximate surface area is 159 Å². The smallest absolute Gasteiger partial charge is 0.270 e. The first kappa shape index (κ1) is 18.6. The van der Waals surface area contributed by atoms with Gasteiger partial charge in [0.2, 0.25) is 5.91 Å². The number of nitro benzene ring substituents is 1. The maximum absolute atomic E-state index is 12.1. The Balaban J connectivity index is 1.72. The summed E-state index contributed by atoms with van der Waals surface area (Å²) in [5.41, 5.74) is 1.49. The lowest BCUT2D eigenvalue weighted by Crippen LogP contribution is -2.28. The van der Waals surface area contributed by atoms with Crippen LogP contribution >= 0.6 is 11.8 Å². The van der Waals surface area contributed by atoms with Gasteiger partial charge in [0, 0.05) is 17.7 Å². The molecule has 0 bridgehead atoms. The van der Waals surface area contributed by atoms with E-state index in [0.717, 1.165) is 11.3 Å². The number of nitro groups is 1. The highest BCUT2D eigenvalue weighted by molar-refractivity contribution is 8.15. The summed E-state index contributed by atoms with van der Waals surface area (Å²) in [6.07, 6.45) is 1.43. The molecule has 0 spiro atoms. The second kappa shape index (κ2) is 8.45. The number of carbonyl (C=O) groups is 1. The maximum Gasteiger partial charge on any atom is 0.270 e. The van der Waals surface area contributed by atoms with Crippen molar-refractivity contribution in [1.82, 2.24) is 4.90 Å². The maximum atomic E-state index is 12.1. The zero-order chi connectivity index (χ0) is 19.2. The van der Waals surface area contributed by atoms with Crippen molar-refractivity contribution >= 4 is 34.7 Å². The number of amidine groups is 1. The molecule has 0 atom stereocenters. The lowest BCUT2D eigenvalue weighted by Gasteiger charge is -2.15. The quantitative estimate of drug-likeness (QED) is 0.433. The van der Waals surface area contributed by atoms with Gasteiger partial charge in [-0.3, -0.25) is 19.8 Å². The third-order valence-electron chi connectivity index (χ3n) is 3.79. The summed E-state index contributed by atoms with van der Waals surface area (Å²) in [4.78, 5) is 24.0. The molecule has 0 aromatic heterocycles. The number of ether oxygens (including phenoxy) is 1. The van der Waals surface area contributed by atoms with Gasteiger partial charge in [-0.25, -0.2) is 0 Å². The van der Waals surface area contributed by atoms with E-state index in [0.29, 0.717) is 23.0 Å². The lowest BCUT2D eigenvalue weighted by molar-refractivity contribution is -0.384. The van der Waals surface area contributed by atoms with Crippen LogP contribution < -0.4 is 4.74 Å². The highest BCUT2D eigenvalue weighted by Gasteiger charge is 2.28. The van der Waals surface area contributed by atoms with Crippen LogP contribution in [0.3, 0.4) is 0 Å². The predicted molar refractivity (Wildman–Crippen MR) is 104 cm³/mol. The molecule has 9 heteroatoms. The first-order chi connectivity index (χ1) is 13.1. The Bertz CT molecular complexity index is 912. The summed E-state index contributed by atoms with van der Waals surface area (Å²) in [5.74, 6) is 1.01. The van der Waals surface area contributed by atoms with Crippen molar-refractivity contribution < 1.29 is 14.5 Å². The van der Waals surface area contributed by atoms with Crippen molar-refractivity contribution in [2.75, 3.05) is 12.9 Å². The molecule has 0 aliphatic carbocycles. The SMILES string of the molecule is COc1ccc(CN2C(=O)CS/C2=N/N=C/c2cccc([N+](=O)[O-])c2)cc1. The molecule has 0 unspecified atom stereocenters. The van der Waals surface area contributed by atoms with Crippen molar-refractivity contribution in [2.24, 2.45) is 10.2 Å². The largest absolute Gasteiger partial charge is 0.497 e. The van der Waals surface area contributed by atoms with Crippen molar-refractivity contribution in [1.29, 1.82) is 0 Å². The van der Waals surface area contributed by atoms with Crippen molar-refractivity contribution in [3.63, 3.8) is 0 Å². The van der Waals surface area contributed by atoms with E-state index in [-0.39, 0.29) is 11.6 Å². The van der Waals surface area contributed by atoms with Crippen LogP contribution in [0.25, 0.3) is 0 Å². The molecule has 0 saturated carbocycles. The molecule has 1 aliphatic rings. The monoisotopic (exact) mass is 384 g/mol. The van der Waals surface area contributed by atoms with E-state index in [1.165, 1.54) is 30.1 Å². The highest BCUT2D eigenvalue weighted by atomic mass is 32.2. The Morgan fingerprint density at radius 3 is 2.78 bits per heavy atom. The van der Waals surface area contributed by atoms with Crippen molar-refractivity contribution in [3.05, 3.63) is 69.8 Å². The van der Waals surface area contributed by atoms with E-state index >= 15 is 0 Å². The van der Waals surface area contributed by atoms with Crippen LogP contribution in [-0.4, -0.2) is 40.0 Å². The Kier molecular flexibility index (Phi) is 5.82. The summed E-state index contributed by atoms with van der Waals surface area (Å²) in [7, 11) is 1.60. The fraction of sp³-hybridized carbons (Fsp3) is 0.167. The Hall–Kier alpha value is -3.20. The number of hydrogen-bond acceptors (Lipinski definition) is 7. The molecule has 1 heterocycles. The van der Waals surface area contributed by atoms with Gasteiger partial charge in [0.05, 0.1) is 30.5 Å². The fourth-order valence-electron chi connectivity index (χ4n) is 2.40. The zero-order valence-corrected chi connectivity index (χ0v) is 15.3. The molecule has 1 saturated heterocycles. The van der Waals surface area contributed by atoms with Gasteiger partial charge < -0.3 is 4.74 Å². The van der Waals surface area contributed by atoms with E-state index in [9.17, 15) is 14.9 Å². The summed E-state index contributed by atoms with van der Waals surface area (Å²) >= 11 is 1.31. The number of rotatable bonds is 6. The highest BCUT2D eigenvalue weighted by Crippen LogP contribution is 2.23. The molecular formula is C18H16N4O4S. The molecule has 1 amide bonds. The molecule has 3 rings (SSSR count). The van der Waals surface area contributed by atoms with Crippen LogP contribution in [0.15, 0.2) is 58.7 Å². The first-order valence-corrected chi connectivity index (χ1v) is 8.97. The van der Waals surface area contributed by atoms with Gasteiger partial charge in [-0.05, 0) is 17.7 Å². The van der Waals surface area contributed by atoms with Crippen molar-refractivity contribution in [2.45, 2.75) is 6.54 Å². The predicted octanol–water partition coefficient (Wildman–Crippen LogP) is 3.07. The minimum absolute atomic E-state index is 0.0156. The van der Waals surface area contributed by atoms with Gasteiger partial charge in [0.1, 0.15) is 5.75 Å². The molecule has 1 fully saturated rings. The molecule has 2 aromatic rings. The van der Waals surface area contributed by atoms with E-state index in [1.807, 2.05) is 24.3 Å². The fourth-order valence-corrected chi connectivity index (χ4v) is 3.24. The molecule has 1 aliphatic heterocycles. The minimum Gasteiger partial charge on any atom is -0.497 e. The molecular weight excluding hydrogens is 368 g/mol. The number of non-ortho nitro benzene ring substituents is 1. The van der Waals surface area contributed by atoms with Crippen LogP contribution in [-0.2, 0) is 11.3 Å². The summed E-state index contributed by atoms with van der Waals surface area (Å²) in [6.45, 7) is 0.390. The van der Waals surface area contributed by atoms with E-state index in [4.69, 9.17) is 4.74 Å². The van der Waals surface area contributed by atoms with Gasteiger partial charge >= 0.3 is 0 Å². The Morgan fingerprint density at radius 2 is 2.07 bits per heavy atom.